The Balaban J connectivity index is 1.90. The molecule has 1 amide bonds. The summed E-state index contributed by atoms with van der Waals surface area (Å²) in [6.07, 6.45) is 2.68. The van der Waals surface area contributed by atoms with Gasteiger partial charge in [0.1, 0.15) is 11.1 Å². The molecule has 0 aliphatic rings. The molecule has 0 saturated carbocycles. The number of carbonyl (C=O) groups excluding carboxylic acids is 1. The molecule has 1 heterocycles. The van der Waals surface area contributed by atoms with Crippen LogP contribution < -0.4 is 10.9 Å². The molecule has 0 atom stereocenters. The van der Waals surface area contributed by atoms with E-state index in [9.17, 15) is 9.59 Å². The van der Waals surface area contributed by atoms with Crippen LogP contribution in [0.15, 0.2) is 51.7 Å². The van der Waals surface area contributed by atoms with E-state index < -0.39 is 11.5 Å². The second-order valence-corrected chi connectivity index (χ2v) is 7.56. The molecule has 0 spiro atoms. The van der Waals surface area contributed by atoms with Crippen LogP contribution in [0.4, 0.5) is 5.69 Å². The molecule has 0 fully saturated rings. The molecule has 0 unspecified atom stereocenters. The minimum Gasteiger partial charge on any atom is -0.422 e. The average Bonchev–Trinajstić information content (AvgIpc) is 2.69. The molecule has 1 aromatic heterocycles. The van der Waals surface area contributed by atoms with Gasteiger partial charge in [-0.05, 0) is 61.8 Å². The van der Waals surface area contributed by atoms with Crippen LogP contribution in [0.3, 0.4) is 0 Å². The van der Waals surface area contributed by atoms with Crippen molar-refractivity contribution in [2.24, 2.45) is 0 Å². The highest BCUT2D eigenvalue weighted by atomic mass is 16.4. The largest absolute Gasteiger partial charge is 0.422 e. The number of aryl methyl sites for hydroxylation is 2. The zero-order valence-electron chi connectivity index (χ0n) is 17.5. The van der Waals surface area contributed by atoms with Crippen LogP contribution in [0.25, 0.3) is 11.0 Å². The van der Waals surface area contributed by atoms with Gasteiger partial charge < -0.3 is 14.6 Å². The number of benzene rings is 2. The highest BCUT2D eigenvalue weighted by Crippen LogP contribution is 2.24. The lowest BCUT2D eigenvalue weighted by Crippen LogP contribution is -2.21. The Bertz CT molecular complexity index is 1070. The standard InChI is InChI=1S/C24H28N2O3/c1-5-7-20-17(6-2)10-11-18-14-21(24(28)29-22(18)20)23(27)25-19-12-8-16(9-13-19)15-26(3)4/h8-14H,5-7,15H2,1-4H3,(H,25,27). The molecule has 152 valence electrons. The van der Waals surface area contributed by atoms with Gasteiger partial charge in [0.2, 0.25) is 0 Å². The van der Waals surface area contributed by atoms with Gasteiger partial charge >= 0.3 is 5.63 Å². The fraction of sp³-hybridized carbons (Fsp3) is 0.333. The van der Waals surface area contributed by atoms with E-state index in [1.165, 1.54) is 5.56 Å². The molecule has 0 saturated heterocycles. The molecule has 0 aliphatic carbocycles. The van der Waals surface area contributed by atoms with E-state index in [-0.39, 0.29) is 5.56 Å². The van der Waals surface area contributed by atoms with Gasteiger partial charge in [-0.2, -0.15) is 0 Å². The molecule has 29 heavy (non-hydrogen) atoms. The van der Waals surface area contributed by atoms with Gasteiger partial charge in [0.15, 0.2) is 0 Å². The molecule has 5 heteroatoms. The Morgan fingerprint density at radius 3 is 2.41 bits per heavy atom. The van der Waals surface area contributed by atoms with Crippen molar-refractivity contribution in [1.82, 2.24) is 4.90 Å². The number of nitrogens with zero attached hydrogens (tertiary/aromatic N) is 1. The fourth-order valence-corrected chi connectivity index (χ4v) is 3.55. The van der Waals surface area contributed by atoms with Crippen molar-refractivity contribution in [3.63, 3.8) is 0 Å². The van der Waals surface area contributed by atoms with Gasteiger partial charge in [0.25, 0.3) is 5.91 Å². The Kier molecular flexibility index (Phi) is 6.49. The minimum atomic E-state index is -0.607. The van der Waals surface area contributed by atoms with Gasteiger partial charge in [-0.15, -0.1) is 0 Å². The van der Waals surface area contributed by atoms with Crippen LogP contribution in [0.2, 0.25) is 0 Å². The van der Waals surface area contributed by atoms with E-state index in [0.717, 1.165) is 42.3 Å². The van der Waals surface area contributed by atoms with Crippen LogP contribution >= 0.6 is 0 Å². The summed E-state index contributed by atoms with van der Waals surface area (Å²) in [7, 11) is 4.01. The Hall–Kier alpha value is -2.92. The number of anilines is 1. The average molecular weight is 392 g/mol. The third-order valence-electron chi connectivity index (χ3n) is 4.94. The first-order valence-corrected chi connectivity index (χ1v) is 10.1. The first-order valence-electron chi connectivity index (χ1n) is 10.1. The van der Waals surface area contributed by atoms with Crippen molar-refractivity contribution in [3.8, 4) is 0 Å². The van der Waals surface area contributed by atoms with E-state index >= 15 is 0 Å². The monoisotopic (exact) mass is 392 g/mol. The van der Waals surface area contributed by atoms with Crippen LogP contribution in [0.1, 0.15) is 47.3 Å². The van der Waals surface area contributed by atoms with Gasteiger partial charge in [-0.1, -0.05) is 44.5 Å². The number of amides is 1. The molecule has 1 N–H and O–H groups in total. The zero-order valence-corrected chi connectivity index (χ0v) is 17.5. The van der Waals surface area contributed by atoms with Crippen molar-refractivity contribution >= 4 is 22.6 Å². The zero-order chi connectivity index (χ0) is 21.0. The number of rotatable bonds is 7. The smallest absolute Gasteiger partial charge is 0.349 e. The van der Waals surface area contributed by atoms with E-state index in [1.807, 2.05) is 44.4 Å². The van der Waals surface area contributed by atoms with Gasteiger partial charge in [-0.25, -0.2) is 4.79 Å². The van der Waals surface area contributed by atoms with Crippen molar-refractivity contribution in [1.29, 1.82) is 0 Å². The molecule has 0 bridgehead atoms. The quantitative estimate of drug-likeness (QED) is 0.596. The second-order valence-electron chi connectivity index (χ2n) is 7.56. The minimum absolute atomic E-state index is 0.0153. The SMILES string of the molecule is CCCc1c(CC)ccc2cc(C(=O)Nc3ccc(CN(C)C)cc3)c(=O)oc12. The number of fused-ring (bicyclic) bond motifs is 1. The second kappa shape index (κ2) is 9.05. The maximum absolute atomic E-state index is 12.7. The van der Waals surface area contributed by atoms with Crippen molar-refractivity contribution in [2.75, 3.05) is 19.4 Å². The highest BCUT2D eigenvalue weighted by molar-refractivity contribution is 6.05. The van der Waals surface area contributed by atoms with E-state index in [1.54, 1.807) is 6.07 Å². The summed E-state index contributed by atoms with van der Waals surface area (Å²) in [6.45, 7) is 5.01. The molecular weight excluding hydrogens is 364 g/mol. The first kappa shape index (κ1) is 20.8. The topological polar surface area (TPSA) is 62.6 Å². The molecule has 5 nitrogen and oxygen atoms in total. The predicted octanol–water partition coefficient (Wildman–Crippen LogP) is 4.62. The van der Waals surface area contributed by atoms with Crippen molar-refractivity contribution in [2.45, 2.75) is 39.7 Å². The molecular formula is C24H28N2O3. The normalized spacial score (nSPS) is 11.2. The summed E-state index contributed by atoms with van der Waals surface area (Å²) in [6, 6.07) is 13.2. The predicted molar refractivity (Wildman–Crippen MR) is 118 cm³/mol. The number of hydrogen-bond donors (Lipinski definition) is 1. The molecule has 3 aromatic rings. The lowest BCUT2D eigenvalue weighted by molar-refractivity contribution is 0.102. The molecule has 0 radical (unpaired) electrons. The third kappa shape index (κ3) is 4.74. The summed E-state index contributed by atoms with van der Waals surface area (Å²) in [4.78, 5) is 27.3. The van der Waals surface area contributed by atoms with Gasteiger partial charge in [0, 0.05) is 17.6 Å². The molecule has 3 rings (SSSR count). The van der Waals surface area contributed by atoms with Crippen molar-refractivity contribution in [3.05, 3.63) is 75.1 Å². The summed E-state index contributed by atoms with van der Waals surface area (Å²) >= 11 is 0. The van der Waals surface area contributed by atoms with E-state index in [2.05, 4.69) is 30.1 Å². The van der Waals surface area contributed by atoms with E-state index in [4.69, 9.17) is 4.42 Å². The first-order chi connectivity index (χ1) is 13.9. The van der Waals surface area contributed by atoms with Crippen LogP contribution in [-0.2, 0) is 19.4 Å². The number of carbonyl (C=O) groups is 1. The Morgan fingerprint density at radius 1 is 1.07 bits per heavy atom. The van der Waals surface area contributed by atoms with Crippen molar-refractivity contribution < 1.29 is 9.21 Å². The van der Waals surface area contributed by atoms with Crippen LogP contribution in [-0.4, -0.2) is 24.9 Å². The van der Waals surface area contributed by atoms with Gasteiger partial charge in [0.05, 0.1) is 0 Å². The summed E-state index contributed by atoms with van der Waals surface area (Å²) < 4.78 is 5.62. The molecule has 2 aromatic carbocycles. The van der Waals surface area contributed by atoms with E-state index in [0.29, 0.717) is 11.3 Å². The summed E-state index contributed by atoms with van der Waals surface area (Å²) in [5.41, 5.74) is 4.04. The highest BCUT2D eigenvalue weighted by Gasteiger charge is 2.17. The summed E-state index contributed by atoms with van der Waals surface area (Å²) in [5.74, 6) is -0.461. The third-order valence-corrected chi connectivity index (χ3v) is 4.94. The van der Waals surface area contributed by atoms with Crippen LogP contribution in [0.5, 0.6) is 0 Å². The maximum atomic E-state index is 12.7. The number of hydrogen-bond acceptors (Lipinski definition) is 4. The lowest BCUT2D eigenvalue weighted by Gasteiger charge is -2.12. The summed E-state index contributed by atoms with van der Waals surface area (Å²) in [5, 5.41) is 3.57. The van der Waals surface area contributed by atoms with Crippen LogP contribution in [0, 0.1) is 0 Å². The van der Waals surface area contributed by atoms with Gasteiger partial charge in [-0.3, -0.25) is 4.79 Å². The molecule has 0 aliphatic heterocycles. The lowest BCUT2D eigenvalue weighted by atomic mass is 9.98. The maximum Gasteiger partial charge on any atom is 0.349 e. The Labute approximate surface area is 171 Å². The number of nitrogens with one attached hydrogen (secondary N) is 1. The fourth-order valence-electron chi connectivity index (χ4n) is 3.55. The Morgan fingerprint density at radius 2 is 1.79 bits per heavy atom.